The second kappa shape index (κ2) is 9.22. The van der Waals surface area contributed by atoms with E-state index in [1.807, 2.05) is 25.1 Å². The summed E-state index contributed by atoms with van der Waals surface area (Å²) in [7, 11) is 0. The maximum Gasteiger partial charge on any atom is 0.257 e. The lowest BCUT2D eigenvalue weighted by Crippen LogP contribution is -2.29. The van der Waals surface area contributed by atoms with Crippen LogP contribution in [0.15, 0.2) is 18.2 Å². The molecule has 1 atom stereocenters. The summed E-state index contributed by atoms with van der Waals surface area (Å²) in [5.41, 5.74) is 1.06. The van der Waals surface area contributed by atoms with E-state index < -0.39 is 0 Å². The normalized spacial score (nSPS) is 11.5. The Hall–Kier alpha value is -1.77. The molecule has 0 spiro atoms. The minimum absolute atomic E-state index is 0.118. The van der Waals surface area contributed by atoms with Crippen molar-refractivity contribution in [1.82, 2.24) is 10.6 Å². The molecule has 6 heteroatoms. The minimum atomic E-state index is -0.272. The fourth-order valence-corrected chi connectivity index (χ4v) is 2.02. The van der Waals surface area contributed by atoms with Gasteiger partial charge in [0.05, 0.1) is 17.5 Å². The number of rotatable bonds is 8. The fourth-order valence-electron chi connectivity index (χ4n) is 1.78. The number of amides is 1. The number of hydrogen-bond donors (Lipinski definition) is 2. The highest BCUT2D eigenvalue weighted by atomic mass is 35.5. The number of carbonyl (C=O) groups is 1. The smallest absolute Gasteiger partial charge is 0.257 e. The zero-order valence-electron chi connectivity index (χ0n) is 12.3. The van der Waals surface area contributed by atoms with Crippen LogP contribution in [0.5, 0.6) is 5.75 Å². The lowest BCUT2D eigenvalue weighted by Gasteiger charge is -2.14. The molecule has 114 valence electrons. The standard InChI is InChI=1S/C15H20ClN3O2/c1-3-18-11(2)12-5-6-14(13(16)9-12)21-10-15(20)19-8-4-7-17/h5-6,9,11,18H,3-4,8,10H2,1-2H3,(H,19,20). The molecule has 1 amide bonds. The van der Waals surface area contributed by atoms with Crippen molar-refractivity contribution in [2.45, 2.75) is 26.3 Å². The predicted molar refractivity (Wildman–Crippen MR) is 82.3 cm³/mol. The van der Waals surface area contributed by atoms with E-state index in [1.165, 1.54) is 0 Å². The number of ether oxygens (including phenoxy) is 1. The van der Waals surface area contributed by atoms with E-state index in [0.29, 0.717) is 17.3 Å². The van der Waals surface area contributed by atoms with Gasteiger partial charge in [-0.2, -0.15) is 5.26 Å². The van der Waals surface area contributed by atoms with Crippen molar-refractivity contribution in [1.29, 1.82) is 5.26 Å². The highest BCUT2D eigenvalue weighted by molar-refractivity contribution is 6.32. The molecule has 0 bridgehead atoms. The second-order valence-corrected chi connectivity index (χ2v) is 4.92. The number of nitrogens with one attached hydrogen (secondary N) is 2. The number of halogens is 1. The van der Waals surface area contributed by atoms with Gasteiger partial charge in [0, 0.05) is 12.6 Å². The first-order valence-electron chi connectivity index (χ1n) is 6.87. The van der Waals surface area contributed by atoms with Crippen LogP contribution in [0, 0.1) is 11.3 Å². The Bertz CT molecular complexity index is 514. The number of hydrogen-bond acceptors (Lipinski definition) is 4. The summed E-state index contributed by atoms with van der Waals surface area (Å²) in [4.78, 5) is 11.5. The van der Waals surface area contributed by atoms with Gasteiger partial charge >= 0.3 is 0 Å². The monoisotopic (exact) mass is 309 g/mol. The third-order valence-electron chi connectivity index (χ3n) is 2.88. The van der Waals surface area contributed by atoms with Gasteiger partial charge in [-0.25, -0.2) is 0 Å². The number of carbonyl (C=O) groups excluding carboxylic acids is 1. The van der Waals surface area contributed by atoms with Gasteiger partial charge in [-0.15, -0.1) is 0 Å². The van der Waals surface area contributed by atoms with Crippen molar-refractivity contribution in [3.8, 4) is 11.8 Å². The topological polar surface area (TPSA) is 74.2 Å². The second-order valence-electron chi connectivity index (χ2n) is 4.52. The van der Waals surface area contributed by atoms with Gasteiger partial charge < -0.3 is 15.4 Å². The van der Waals surface area contributed by atoms with Crippen molar-refractivity contribution in [3.05, 3.63) is 28.8 Å². The van der Waals surface area contributed by atoms with Crippen LogP contribution in [-0.2, 0) is 4.79 Å². The van der Waals surface area contributed by atoms with Crippen LogP contribution in [0.1, 0.15) is 31.9 Å². The lowest BCUT2D eigenvalue weighted by atomic mass is 10.1. The van der Waals surface area contributed by atoms with E-state index in [1.54, 1.807) is 6.07 Å². The largest absolute Gasteiger partial charge is 0.482 e. The van der Waals surface area contributed by atoms with E-state index in [4.69, 9.17) is 21.6 Å². The molecule has 0 saturated carbocycles. The van der Waals surface area contributed by atoms with Crippen LogP contribution in [0.3, 0.4) is 0 Å². The summed E-state index contributed by atoms with van der Waals surface area (Å²) in [5, 5.41) is 14.7. The van der Waals surface area contributed by atoms with Crippen LogP contribution in [0.2, 0.25) is 5.02 Å². The third-order valence-corrected chi connectivity index (χ3v) is 3.18. The van der Waals surface area contributed by atoms with Crippen molar-refractivity contribution in [2.24, 2.45) is 0 Å². The van der Waals surface area contributed by atoms with Crippen LogP contribution < -0.4 is 15.4 Å². The summed E-state index contributed by atoms with van der Waals surface area (Å²) in [6.45, 7) is 5.18. The van der Waals surface area contributed by atoms with Gasteiger partial charge in [0.15, 0.2) is 6.61 Å². The van der Waals surface area contributed by atoms with Crippen molar-refractivity contribution >= 4 is 17.5 Å². The number of nitriles is 1. The van der Waals surface area contributed by atoms with Crippen LogP contribution in [0.25, 0.3) is 0 Å². The molecule has 2 N–H and O–H groups in total. The van der Waals surface area contributed by atoms with Crippen molar-refractivity contribution in [3.63, 3.8) is 0 Å². The highest BCUT2D eigenvalue weighted by Crippen LogP contribution is 2.27. The van der Waals surface area contributed by atoms with Crippen LogP contribution in [-0.4, -0.2) is 25.6 Å². The van der Waals surface area contributed by atoms with Gasteiger partial charge in [0.1, 0.15) is 5.75 Å². The van der Waals surface area contributed by atoms with Crippen LogP contribution >= 0.6 is 11.6 Å². The van der Waals surface area contributed by atoms with Crippen molar-refractivity contribution < 1.29 is 9.53 Å². The van der Waals surface area contributed by atoms with E-state index in [0.717, 1.165) is 12.1 Å². The molecule has 1 rings (SSSR count). The highest BCUT2D eigenvalue weighted by Gasteiger charge is 2.09. The van der Waals surface area contributed by atoms with E-state index >= 15 is 0 Å². The Morgan fingerprint density at radius 3 is 2.90 bits per heavy atom. The predicted octanol–water partition coefficient (Wildman–Crippen LogP) is 2.42. The Kier molecular flexibility index (Phi) is 7.59. The first-order chi connectivity index (χ1) is 10.1. The maximum absolute atomic E-state index is 11.5. The van der Waals surface area contributed by atoms with E-state index in [2.05, 4.69) is 17.6 Å². The number of benzene rings is 1. The minimum Gasteiger partial charge on any atom is -0.482 e. The molecule has 0 aromatic heterocycles. The van der Waals surface area contributed by atoms with Gasteiger partial charge in [0.2, 0.25) is 0 Å². The summed E-state index contributed by atoms with van der Waals surface area (Å²) < 4.78 is 5.38. The first kappa shape index (κ1) is 17.3. The Labute approximate surface area is 130 Å². The molecule has 0 saturated heterocycles. The van der Waals surface area contributed by atoms with Gasteiger partial charge in [0.25, 0.3) is 5.91 Å². The Morgan fingerprint density at radius 1 is 1.52 bits per heavy atom. The zero-order chi connectivity index (χ0) is 15.7. The fraction of sp³-hybridized carbons (Fsp3) is 0.467. The quantitative estimate of drug-likeness (QED) is 0.723. The Balaban J connectivity index is 2.53. The van der Waals surface area contributed by atoms with Gasteiger partial charge in [-0.3, -0.25) is 4.79 Å². The molecule has 1 unspecified atom stereocenters. The SMILES string of the molecule is CCNC(C)c1ccc(OCC(=O)NCCC#N)c(Cl)c1. The van der Waals surface area contributed by atoms with Crippen molar-refractivity contribution in [2.75, 3.05) is 19.7 Å². The Morgan fingerprint density at radius 2 is 2.29 bits per heavy atom. The summed E-state index contributed by atoms with van der Waals surface area (Å²) in [5.74, 6) is 0.200. The van der Waals surface area contributed by atoms with Crippen LogP contribution in [0.4, 0.5) is 0 Å². The molecule has 0 aliphatic heterocycles. The lowest BCUT2D eigenvalue weighted by molar-refractivity contribution is -0.123. The zero-order valence-corrected chi connectivity index (χ0v) is 13.0. The molecule has 1 aromatic rings. The maximum atomic E-state index is 11.5. The molecule has 0 aliphatic rings. The molecule has 0 aliphatic carbocycles. The number of nitrogens with zero attached hydrogens (tertiary/aromatic N) is 1. The molecular formula is C15H20ClN3O2. The average Bonchev–Trinajstić information content (AvgIpc) is 2.46. The molecule has 0 fully saturated rings. The molecule has 0 heterocycles. The van der Waals surface area contributed by atoms with Gasteiger partial charge in [-0.05, 0) is 31.2 Å². The van der Waals surface area contributed by atoms with E-state index in [9.17, 15) is 4.79 Å². The molecule has 21 heavy (non-hydrogen) atoms. The third kappa shape index (κ3) is 6.03. The molecule has 5 nitrogen and oxygen atoms in total. The summed E-state index contributed by atoms with van der Waals surface area (Å²) in [6, 6.07) is 7.66. The summed E-state index contributed by atoms with van der Waals surface area (Å²) in [6.07, 6.45) is 0.281. The summed E-state index contributed by atoms with van der Waals surface area (Å²) >= 11 is 6.16. The first-order valence-corrected chi connectivity index (χ1v) is 7.25. The molecule has 0 radical (unpaired) electrons. The van der Waals surface area contributed by atoms with Gasteiger partial charge in [-0.1, -0.05) is 24.6 Å². The van der Waals surface area contributed by atoms with E-state index in [-0.39, 0.29) is 25.0 Å². The average molecular weight is 310 g/mol. The molecule has 1 aromatic carbocycles. The molecular weight excluding hydrogens is 290 g/mol.